The van der Waals surface area contributed by atoms with E-state index in [1.807, 2.05) is 60.7 Å². The quantitative estimate of drug-likeness (QED) is 0.773. The van der Waals surface area contributed by atoms with Gasteiger partial charge in [-0.05, 0) is 29.5 Å². The second-order valence-corrected chi connectivity index (χ2v) is 4.74. The lowest BCUT2D eigenvalue weighted by Crippen LogP contribution is -2.39. The number of hydrogen-bond donors (Lipinski definition) is 2. The minimum absolute atomic E-state index is 0.192. The Morgan fingerprint density at radius 3 is 2.29 bits per heavy atom. The number of rotatable bonds is 7. The van der Waals surface area contributed by atoms with Gasteiger partial charge in [-0.15, -0.1) is 0 Å². The van der Waals surface area contributed by atoms with Gasteiger partial charge in [0.1, 0.15) is 6.04 Å². The van der Waals surface area contributed by atoms with Crippen molar-refractivity contribution in [3.63, 3.8) is 0 Å². The van der Waals surface area contributed by atoms with Crippen molar-refractivity contribution in [2.75, 3.05) is 11.9 Å². The lowest BCUT2D eigenvalue weighted by atomic mass is 10.2. The van der Waals surface area contributed by atoms with Crippen molar-refractivity contribution in [2.45, 2.75) is 12.6 Å². The molecule has 0 bridgehead atoms. The zero-order chi connectivity index (χ0) is 14.9. The molecule has 0 unspecified atom stereocenters. The minimum Gasteiger partial charge on any atom is -0.375 e. The number of anilines is 1. The van der Waals surface area contributed by atoms with Crippen molar-refractivity contribution in [2.24, 2.45) is 0 Å². The normalized spacial score (nSPS) is 11.9. The molecule has 0 spiro atoms. The molecule has 1 atom stereocenters. The molecule has 4 nitrogen and oxygen atoms in total. The third-order valence-corrected chi connectivity index (χ3v) is 3.15. The predicted molar refractivity (Wildman–Crippen MR) is 83.9 cm³/mol. The van der Waals surface area contributed by atoms with Crippen molar-refractivity contribution in [3.05, 3.63) is 66.2 Å². The first kappa shape index (κ1) is 15.5. The molecule has 2 N–H and O–H groups in total. The Morgan fingerprint density at radius 2 is 1.67 bits per heavy atom. The van der Waals surface area contributed by atoms with Crippen LogP contribution in [0.2, 0.25) is 0 Å². The second kappa shape index (κ2) is 8.42. The number of nitrogens with one attached hydrogen (secondary N) is 2. The highest BCUT2D eigenvalue weighted by Gasteiger charge is 2.17. The molecule has 0 aliphatic rings. The Hall–Kier alpha value is -1.88. The smallest absolute Gasteiger partial charge is 0.245 e. The molecule has 0 aromatic heterocycles. The number of carbonyl (C=O) groups is 1. The van der Waals surface area contributed by atoms with Crippen LogP contribution in [0.1, 0.15) is 5.56 Å². The van der Waals surface area contributed by atoms with E-state index in [4.69, 9.17) is 16.5 Å². The Morgan fingerprint density at radius 1 is 1.05 bits per heavy atom. The van der Waals surface area contributed by atoms with Crippen molar-refractivity contribution >= 4 is 23.4 Å². The molecule has 0 aliphatic heterocycles. The lowest BCUT2D eigenvalue weighted by molar-refractivity contribution is -0.119. The molecule has 0 aliphatic carbocycles. The number of carbonyl (C=O) groups excluding carboxylic acids is 1. The molecule has 0 radical (unpaired) electrons. The Kier molecular flexibility index (Phi) is 6.22. The SMILES string of the molecule is O=C(Nc1ccccc1)[C@@H](COCc1ccccc1)NCl. The average Bonchev–Trinajstić information content (AvgIpc) is 2.53. The highest BCUT2D eigenvalue weighted by molar-refractivity contribution is 6.15. The molecule has 0 saturated carbocycles. The first-order chi connectivity index (χ1) is 10.3. The average molecular weight is 305 g/mol. The van der Waals surface area contributed by atoms with E-state index in [0.717, 1.165) is 11.3 Å². The minimum atomic E-state index is -0.615. The van der Waals surface area contributed by atoms with E-state index in [9.17, 15) is 4.79 Å². The molecular formula is C16H17ClN2O2. The molecule has 2 rings (SSSR count). The maximum Gasteiger partial charge on any atom is 0.245 e. The number of hydrogen-bond acceptors (Lipinski definition) is 3. The third kappa shape index (κ3) is 5.19. The maximum atomic E-state index is 12.0. The van der Waals surface area contributed by atoms with Crippen LogP contribution in [0.25, 0.3) is 0 Å². The van der Waals surface area contributed by atoms with Gasteiger partial charge in [0.2, 0.25) is 5.91 Å². The van der Waals surface area contributed by atoms with E-state index in [2.05, 4.69) is 10.2 Å². The highest BCUT2D eigenvalue weighted by Crippen LogP contribution is 2.07. The summed E-state index contributed by atoms with van der Waals surface area (Å²) in [7, 11) is 0. The Balaban J connectivity index is 1.81. The van der Waals surface area contributed by atoms with Crippen LogP contribution in [0.5, 0.6) is 0 Å². The molecule has 21 heavy (non-hydrogen) atoms. The van der Waals surface area contributed by atoms with Gasteiger partial charge in [0.25, 0.3) is 0 Å². The van der Waals surface area contributed by atoms with E-state index in [1.165, 1.54) is 0 Å². The summed E-state index contributed by atoms with van der Waals surface area (Å²) in [5, 5.41) is 2.78. The van der Waals surface area contributed by atoms with Crippen LogP contribution in [0.4, 0.5) is 5.69 Å². The Labute approximate surface area is 129 Å². The maximum absolute atomic E-state index is 12.0. The highest BCUT2D eigenvalue weighted by atomic mass is 35.5. The van der Waals surface area contributed by atoms with E-state index in [1.54, 1.807) is 0 Å². The van der Waals surface area contributed by atoms with Crippen LogP contribution < -0.4 is 10.2 Å². The first-order valence-corrected chi connectivity index (χ1v) is 7.01. The largest absolute Gasteiger partial charge is 0.375 e. The second-order valence-electron chi connectivity index (χ2n) is 4.52. The van der Waals surface area contributed by atoms with Crippen LogP contribution in [0.15, 0.2) is 60.7 Å². The van der Waals surface area contributed by atoms with Gasteiger partial charge in [0.05, 0.1) is 13.2 Å². The summed E-state index contributed by atoms with van der Waals surface area (Å²) in [5.74, 6) is -0.232. The predicted octanol–water partition coefficient (Wildman–Crippen LogP) is 2.95. The molecule has 0 fully saturated rings. The molecular weight excluding hydrogens is 288 g/mol. The summed E-state index contributed by atoms with van der Waals surface area (Å²) in [6, 6.07) is 18.4. The molecule has 0 heterocycles. The molecule has 1 amide bonds. The number of ether oxygens (including phenoxy) is 1. The van der Waals surface area contributed by atoms with Gasteiger partial charge in [0, 0.05) is 5.69 Å². The van der Waals surface area contributed by atoms with Gasteiger partial charge >= 0.3 is 0 Å². The van der Waals surface area contributed by atoms with E-state index < -0.39 is 6.04 Å². The van der Waals surface area contributed by atoms with Crippen molar-refractivity contribution in [3.8, 4) is 0 Å². The summed E-state index contributed by atoms with van der Waals surface area (Å²) in [5.41, 5.74) is 1.77. The Bertz CT molecular complexity index is 549. The van der Waals surface area contributed by atoms with Crippen molar-refractivity contribution < 1.29 is 9.53 Å². The van der Waals surface area contributed by atoms with Crippen molar-refractivity contribution in [1.29, 1.82) is 0 Å². The zero-order valence-electron chi connectivity index (χ0n) is 11.5. The molecule has 110 valence electrons. The fraction of sp³-hybridized carbons (Fsp3) is 0.188. The molecule has 2 aromatic rings. The topological polar surface area (TPSA) is 50.4 Å². The van der Waals surface area contributed by atoms with Crippen LogP contribution in [-0.2, 0) is 16.1 Å². The van der Waals surface area contributed by atoms with Crippen LogP contribution in [-0.4, -0.2) is 18.6 Å². The van der Waals surface area contributed by atoms with Gasteiger partial charge < -0.3 is 10.1 Å². The summed E-state index contributed by atoms with van der Waals surface area (Å²) in [4.78, 5) is 14.5. The summed E-state index contributed by atoms with van der Waals surface area (Å²) >= 11 is 5.62. The zero-order valence-corrected chi connectivity index (χ0v) is 12.2. The van der Waals surface area contributed by atoms with E-state index >= 15 is 0 Å². The summed E-state index contributed by atoms with van der Waals surface area (Å²) in [6.07, 6.45) is 0. The molecule has 2 aromatic carbocycles. The first-order valence-electron chi connectivity index (χ1n) is 6.63. The molecule has 5 heteroatoms. The summed E-state index contributed by atoms with van der Waals surface area (Å²) in [6.45, 7) is 0.631. The fourth-order valence-electron chi connectivity index (χ4n) is 1.78. The number of amides is 1. The van der Waals surface area contributed by atoms with Crippen LogP contribution in [0, 0.1) is 0 Å². The van der Waals surface area contributed by atoms with Gasteiger partial charge in [-0.2, -0.15) is 0 Å². The standard InChI is InChI=1S/C16H17ClN2O2/c17-19-15(12-21-11-13-7-3-1-4-8-13)16(20)18-14-9-5-2-6-10-14/h1-10,15,19H,11-12H2,(H,18,20)/t15-/m1/s1. The van der Waals surface area contributed by atoms with Crippen LogP contribution >= 0.6 is 11.8 Å². The lowest BCUT2D eigenvalue weighted by Gasteiger charge is -2.15. The van der Waals surface area contributed by atoms with Gasteiger partial charge in [-0.25, -0.2) is 4.84 Å². The monoisotopic (exact) mass is 304 g/mol. The van der Waals surface area contributed by atoms with Crippen molar-refractivity contribution in [1.82, 2.24) is 4.84 Å². The fourth-order valence-corrected chi connectivity index (χ4v) is 1.94. The molecule has 0 saturated heterocycles. The van der Waals surface area contributed by atoms with Gasteiger partial charge in [-0.1, -0.05) is 48.5 Å². The van der Waals surface area contributed by atoms with Crippen LogP contribution in [0.3, 0.4) is 0 Å². The van der Waals surface area contributed by atoms with E-state index in [0.29, 0.717) is 6.61 Å². The number of benzene rings is 2. The van der Waals surface area contributed by atoms with Gasteiger partial charge in [-0.3, -0.25) is 4.79 Å². The van der Waals surface area contributed by atoms with E-state index in [-0.39, 0.29) is 12.5 Å². The number of halogens is 1. The summed E-state index contributed by atoms with van der Waals surface area (Å²) < 4.78 is 5.52. The third-order valence-electron chi connectivity index (χ3n) is 2.89. The van der Waals surface area contributed by atoms with Gasteiger partial charge in [0.15, 0.2) is 0 Å². The number of para-hydroxylation sites is 1.